The normalized spacial score (nSPS) is 12.3. The molecular weight excluding hydrogens is 410 g/mol. The Balaban J connectivity index is 2.44. The van der Waals surface area contributed by atoms with Crippen LogP contribution in [0.3, 0.4) is 0 Å². The molecule has 2 aromatic carbocycles. The number of nitrogens with one attached hydrogen (secondary N) is 2. The first-order valence-corrected chi connectivity index (χ1v) is 10.7. The Morgan fingerprint density at radius 2 is 1.86 bits per heavy atom. The van der Waals surface area contributed by atoms with E-state index in [0.29, 0.717) is 10.6 Å². The van der Waals surface area contributed by atoms with Crippen LogP contribution >= 0.6 is 11.8 Å². The van der Waals surface area contributed by atoms with E-state index in [2.05, 4.69) is 31.3 Å². The Bertz CT molecular complexity index is 1100. The molecular formula is C19H21N5O3S2. The van der Waals surface area contributed by atoms with Gasteiger partial charge in [0.2, 0.25) is 5.71 Å². The summed E-state index contributed by atoms with van der Waals surface area (Å²) in [5, 5.41) is 20.0. The van der Waals surface area contributed by atoms with Gasteiger partial charge in [-0.25, -0.2) is 0 Å². The molecule has 29 heavy (non-hydrogen) atoms. The molecule has 5 N–H and O–H groups in total. The van der Waals surface area contributed by atoms with Gasteiger partial charge in [-0.2, -0.15) is 18.8 Å². The third-order valence-electron chi connectivity index (χ3n) is 3.85. The number of anilines is 1. The fourth-order valence-corrected chi connectivity index (χ4v) is 3.77. The molecule has 0 spiro atoms. The molecule has 0 saturated carbocycles. The van der Waals surface area contributed by atoms with Crippen molar-refractivity contribution >= 4 is 39.1 Å². The van der Waals surface area contributed by atoms with Crippen LogP contribution in [0.1, 0.15) is 26.3 Å². The number of hydrogen-bond donors (Lipinski definition) is 4. The zero-order valence-corrected chi connectivity index (χ0v) is 17.7. The lowest BCUT2D eigenvalue weighted by Crippen LogP contribution is -2.21. The SMILES string of the molecule is CC(C)(C)c1ccc(Sc2cc(S(=O)(=O)O)ccc2N/N=C(\C#N)C(=N)N)cc1. The van der Waals surface area contributed by atoms with E-state index in [1.54, 1.807) is 6.07 Å². The van der Waals surface area contributed by atoms with Gasteiger partial charge in [-0.3, -0.25) is 15.4 Å². The van der Waals surface area contributed by atoms with Crippen LogP contribution in [-0.2, 0) is 15.5 Å². The molecule has 0 radical (unpaired) electrons. The number of nitriles is 1. The first kappa shape index (κ1) is 22.4. The van der Waals surface area contributed by atoms with Crippen molar-refractivity contribution in [3.05, 3.63) is 48.0 Å². The minimum atomic E-state index is -4.39. The summed E-state index contributed by atoms with van der Waals surface area (Å²) >= 11 is 1.26. The van der Waals surface area contributed by atoms with E-state index in [1.807, 2.05) is 24.3 Å². The minimum absolute atomic E-state index is 0.00407. The van der Waals surface area contributed by atoms with E-state index < -0.39 is 16.0 Å². The largest absolute Gasteiger partial charge is 0.382 e. The van der Waals surface area contributed by atoms with Crippen LogP contribution in [0.15, 0.2) is 62.3 Å². The summed E-state index contributed by atoms with van der Waals surface area (Å²) in [4.78, 5) is 1.02. The van der Waals surface area contributed by atoms with Crippen molar-refractivity contribution in [2.45, 2.75) is 40.9 Å². The Morgan fingerprint density at radius 1 is 1.24 bits per heavy atom. The molecule has 10 heteroatoms. The van der Waals surface area contributed by atoms with Crippen LogP contribution in [0, 0.1) is 16.7 Å². The first-order chi connectivity index (χ1) is 13.4. The molecule has 0 unspecified atom stereocenters. The Labute approximate surface area is 174 Å². The summed E-state index contributed by atoms with van der Waals surface area (Å²) in [6.07, 6.45) is 0. The van der Waals surface area contributed by atoms with Gasteiger partial charge in [0, 0.05) is 9.79 Å². The van der Waals surface area contributed by atoms with Crippen LogP contribution in [-0.4, -0.2) is 24.5 Å². The van der Waals surface area contributed by atoms with Crippen molar-refractivity contribution in [2.24, 2.45) is 10.8 Å². The number of rotatable bonds is 6. The van der Waals surface area contributed by atoms with Crippen molar-refractivity contribution in [3.8, 4) is 6.07 Å². The lowest BCUT2D eigenvalue weighted by atomic mass is 9.87. The molecule has 0 bridgehead atoms. The number of amidine groups is 1. The average Bonchev–Trinajstić information content (AvgIpc) is 2.61. The standard InChI is InChI=1S/C19H21N5O3S2/c1-19(2,3)12-4-6-13(7-5-12)28-17-10-14(29(25,26)27)8-9-15(17)23-24-16(11-20)18(21)22/h4-10,23H,1-3H3,(H3,21,22)(H,25,26,27)/b24-16+. The van der Waals surface area contributed by atoms with Gasteiger partial charge in [0.1, 0.15) is 6.07 Å². The molecule has 2 aromatic rings. The van der Waals surface area contributed by atoms with Crippen molar-refractivity contribution in [2.75, 3.05) is 5.43 Å². The number of benzene rings is 2. The third kappa shape index (κ3) is 6.05. The van der Waals surface area contributed by atoms with Crippen molar-refractivity contribution in [3.63, 3.8) is 0 Å². The van der Waals surface area contributed by atoms with E-state index in [4.69, 9.17) is 16.4 Å². The van der Waals surface area contributed by atoms with E-state index in [-0.39, 0.29) is 16.0 Å². The number of hydrazone groups is 1. The number of hydrogen-bond acceptors (Lipinski definition) is 7. The predicted octanol–water partition coefficient (Wildman–Crippen LogP) is 3.61. The average molecular weight is 432 g/mol. The molecule has 0 atom stereocenters. The highest BCUT2D eigenvalue weighted by molar-refractivity contribution is 7.99. The lowest BCUT2D eigenvalue weighted by molar-refractivity contribution is 0.483. The van der Waals surface area contributed by atoms with Gasteiger partial charge in [-0.15, -0.1) is 0 Å². The van der Waals surface area contributed by atoms with Crippen molar-refractivity contribution in [1.82, 2.24) is 0 Å². The molecule has 0 aliphatic rings. The number of nitrogens with two attached hydrogens (primary N) is 1. The molecule has 0 aliphatic carbocycles. The van der Waals surface area contributed by atoms with Crippen LogP contribution in [0.5, 0.6) is 0 Å². The van der Waals surface area contributed by atoms with Gasteiger partial charge in [0.25, 0.3) is 10.1 Å². The fraction of sp³-hybridized carbons (Fsp3) is 0.211. The zero-order valence-electron chi connectivity index (χ0n) is 16.1. The van der Waals surface area contributed by atoms with Crippen LogP contribution in [0.2, 0.25) is 0 Å². The second-order valence-corrected chi connectivity index (χ2v) is 9.64. The minimum Gasteiger partial charge on any atom is -0.382 e. The summed E-state index contributed by atoms with van der Waals surface area (Å²) in [5.74, 6) is -0.499. The quantitative estimate of drug-likeness (QED) is 0.236. The van der Waals surface area contributed by atoms with Crippen LogP contribution in [0.4, 0.5) is 5.69 Å². The summed E-state index contributed by atoms with van der Waals surface area (Å²) in [6.45, 7) is 6.31. The Kier molecular flexibility index (Phi) is 6.69. The highest BCUT2D eigenvalue weighted by Gasteiger charge is 2.16. The van der Waals surface area contributed by atoms with Crippen LogP contribution in [0.25, 0.3) is 0 Å². The second kappa shape index (κ2) is 8.65. The third-order valence-corrected chi connectivity index (χ3v) is 5.76. The highest BCUT2D eigenvalue weighted by Crippen LogP contribution is 2.36. The Hall–Kier alpha value is -2.87. The first-order valence-electron chi connectivity index (χ1n) is 8.40. The predicted molar refractivity (Wildman–Crippen MR) is 114 cm³/mol. The smallest absolute Gasteiger partial charge is 0.294 e. The summed E-state index contributed by atoms with van der Waals surface area (Å²) < 4.78 is 32.4. The summed E-state index contributed by atoms with van der Waals surface area (Å²) in [7, 11) is -4.39. The monoisotopic (exact) mass is 431 g/mol. The van der Waals surface area contributed by atoms with E-state index in [0.717, 1.165) is 10.5 Å². The van der Waals surface area contributed by atoms with Gasteiger partial charge in [-0.1, -0.05) is 44.7 Å². The van der Waals surface area contributed by atoms with Gasteiger partial charge in [0.15, 0.2) is 5.84 Å². The molecule has 0 heterocycles. The Morgan fingerprint density at radius 3 is 2.34 bits per heavy atom. The molecule has 0 aliphatic heterocycles. The highest BCUT2D eigenvalue weighted by atomic mass is 32.2. The topological polar surface area (TPSA) is 152 Å². The van der Waals surface area contributed by atoms with E-state index in [1.165, 1.54) is 30.0 Å². The maximum atomic E-state index is 11.5. The number of nitrogens with zero attached hydrogens (tertiary/aromatic N) is 2. The maximum Gasteiger partial charge on any atom is 0.294 e. The van der Waals surface area contributed by atoms with E-state index in [9.17, 15) is 13.0 Å². The zero-order chi connectivity index (χ0) is 21.8. The van der Waals surface area contributed by atoms with Gasteiger partial charge >= 0.3 is 0 Å². The molecule has 0 aromatic heterocycles. The molecule has 2 rings (SSSR count). The second-order valence-electron chi connectivity index (χ2n) is 7.11. The molecule has 152 valence electrons. The van der Waals surface area contributed by atoms with Crippen LogP contribution < -0.4 is 11.2 Å². The van der Waals surface area contributed by atoms with Gasteiger partial charge in [-0.05, 0) is 41.3 Å². The fourth-order valence-electron chi connectivity index (χ4n) is 2.25. The van der Waals surface area contributed by atoms with Crippen molar-refractivity contribution < 1.29 is 13.0 Å². The van der Waals surface area contributed by atoms with E-state index >= 15 is 0 Å². The molecule has 8 nitrogen and oxygen atoms in total. The van der Waals surface area contributed by atoms with Crippen molar-refractivity contribution in [1.29, 1.82) is 10.7 Å². The van der Waals surface area contributed by atoms with Gasteiger partial charge < -0.3 is 5.73 Å². The molecule has 0 saturated heterocycles. The molecule has 0 fully saturated rings. The lowest BCUT2D eigenvalue weighted by Gasteiger charge is -2.19. The summed E-state index contributed by atoms with van der Waals surface area (Å²) in [6, 6.07) is 13.4. The molecule has 0 amide bonds. The maximum absolute atomic E-state index is 11.5. The van der Waals surface area contributed by atoms with Gasteiger partial charge in [0.05, 0.1) is 10.6 Å². The summed E-state index contributed by atoms with van der Waals surface area (Å²) in [5.41, 5.74) is 9.12.